The number of hydrogen-bond donors (Lipinski definition) is 5. The largest absolute Gasteiger partial charge is 0.493 e. The quantitative estimate of drug-likeness (QED) is 0.509. The van der Waals surface area contributed by atoms with Crippen LogP contribution in [-0.4, -0.2) is 35.9 Å². The Morgan fingerprint density at radius 1 is 0.944 bits per heavy atom. The van der Waals surface area contributed by atoms with Crippen LogP contribution in [0, 0.1) is 0 Å². The van der Waals surface area contributed by atoms with Crippen LogP contribution in [0.4, 0.5) is 4.79 Å². The van der Waals surface area contributed by atoms with Gasteiger partial charge in [-0.15, -0.1) is 4.73 Å². The summed E-state index contributed by atoms with van der Waals surface area (Å²) in [5.41, 5.74) is 1.96. The SMILES string of the molecule is O=C(Nn1c(O)ccc1O)On1c(O)ccc1O. The maximum Gasteiger partial charge on any atom is 0.451 e. The van der Waals surface area contributed by atoms with Gasteiger partial charge in [0.05, 0.1) is 0 Å². The summed E-state index contributed by atoms with van der Waals surface area (Å²) in [6.45, 7) is 0. The average molecular weight is 255 g/mol. The Labute approximate surface area is 99.6 Å². The van der Waals surface area contributed by atoms with Gasteiger partial charge in [-0.25, -0.2) is 10.2 Å². The van der Waals surface area contributed by atoms with Crippen molar-refractivity contribution >= 4 is 6.09 Å². The molecule has 0 fully saturated rings. The predicted octanol–water partition coefficient (Wildman–Crippen LogP) is -0.0957. The van der Waals surface area contributed by atoms with Gasteiger partial charge in [-0.3, -0.25) is 0 Å². The van der Waals surface area contributed by atoms with Gasteiger partial charge in [0.15, 0.2) is 0 Å². The fourth-order valence-electron chi connectivity index (χ4n) is 1.22. The molecule has 0 atom stereocenters. The van der Waals surface area contributed by atoms with E-state index in [0.717, 1.165) is 24.3 Å². The summed E-state index contributed by atoms with van der Waals surface area (Å²) in [6.07, 6.45) is -1.15. The zero-order valence-corrected chi connectivity index (χ0v) is 8.81. The molecule has 0 radical (unpaired) electrons. The third-order valence-electron chi connectivity index (χ3n) is 2.01. The lowest BCUT2D eigenvalue weighted by Crippen LogP contribution is -2.30. The zero-order valence-electron chi connectivity index (χ0n) is 8.81. The lowest BCUT2D eigenvalue weighted by Gasteiger charge is -2.10. The second-order valence-corrected chi connectivity index (χ2v) is 3.22. The maximum absolute atomic E-state index is 11.4. The van der Waals surface area contributed by atoms with E-state index >= 15 is 0 Å². The second-order valence-electron chi connectivity index (χ2n) is 3.22. The summed E-state index contributed by atoms with van der Waals surface area (Å²) in [5, 5.41) is 36.9. The molecule has 9 nitrogen and oxygen atoms in total. The Morgan fingerprint density at radius 3 is 1.89 bits per heavy atom. The summed E-state index contributed by atoms with van der Waals surface area (Å²) < 4.78 is 1.09. The van der Waals surface area contributed by atoms with Crippen molar-refractivity contribution in [3.8, 4) is 23.5 Å². The molecule has 2 aromatic heterocycles. The minimum atomic E-state index is -1.15. The van der Waals surface area contributed by atoms with Crippen LogP contribution < -0.4 is 10.3 Å². The molecule has 0 aliphatic carbocycles. The molecule has 9 heteroatoms. The Kier molecular flexibility index (Phi) is 2.64. The van der Waals surface area contributed by atoms with Crippen LogP contribution in [0.5, 0.6) is 23.5 Å². The topological polar surface area (TPSA) is 129 Å². The summed E-state index contributed by atoms with van der Waals surface area (Å²) in [7, 11) is 0. The summed E-state index contributed by atoms with van der Waals surface area (Å²) >= 11 is 0. The number of nitrogens with zero attached hydrogens (tertiary/aromatic N) is 2. The van der Waals surface area contributed by atoms with Gasteiger partial charge in [-0.05, 0) is 0 Å². The van der Waals surface area contributed by atoms with E-state index in [4.69, 9.17) is 0 Å². The fourth-order valence-corrected chi connectivity index (χ4v) is 1.22. The molecule has 2 aromatic rings. The highest BCUT2D eigenvalue weighted by Crippen LogP contribution is 2.20. The molecule has 2 heterocycles. The minimum Gasteiger partial charge on any atom is -0.493 e. The smallest absolute Gasteiger partial charge is 0.451 e. The van der Waals surface area contributed by atoms with Gasteiger partial charge >= 0.3 is 6.09 Å². The molecular weight excluding hydrogens is 246 g/mol. The Morgan fingerprint density at radius 2 is 1.39 bits per heavy atom. The maximum atomic E-state index is 11.4. The van der Waals surface area contributed by atoms with Crippen molar-refractivity contribution in [1.82, 2.24) is 9.41 Å². The number of hydrogen-bond acceptors (Lipinski definition) is 6. The standard InChI is InChI=1S/C9H9N3O6/c13-5-1-2-6(14)11(5)10-9(17)18-12-7(15)3-4-8(12)16/h1-4,13-16H,(H,10,17). The van der Waals surface area contributed by atoms with Gasteiger partial charge in [0.25, 0.3) is 0 Å². The van der Waals surface area contributed by atoms with Gasteiger partial charge in [-0.1, -0.05) is 0 Å². The van der Waals surface area contributed by atoms with Crippen LogP contribution in [0.15, 0.2) is 24.3 Å². The molecule has 18 heavy (non-hydrogen) atoms. The van der Waals surface area contributed by atoms with E-state index in [1.54, 1.807) is 0 Å². The summed E-state index contributed by atoms with van der Waals surface area (Å²) in [4.78, 5) is 15.9. The molecule has 5 N–H and O–H groups in total. The Balaban J connectivity index is 2.10. The van der Waals surface area contributed by atoms with Gasteiger partial charge in [-0.2, -0.15) is 4.68 Å². The number of aromatic hydroxyl groups is 4. The fraction of sp³-hybridized carbons (Fsp3) is 0. The average Bonchev–Trinajstić information content (AvgIpc) is 2.79. The molecule has 2 rings (SSSR count). The predicted molar refractivity (Wildman–Crippen MR) is 56.9 cm³/mol. The van der Waals surface area contributed by atoms with Gasteiger partial charge in [0.1, 0.15) is 0 Å². The van der Waals surface area contributed by atoms with Gasteiger partial charge in [0.2, 0.25) is 23.5 Å². The molecule has 0 spiro atoms. The van der Waals surface area contributed by atoms with E-state index in [9.17, 15) is 25.2 Å². The van der Waals surface area contributed by atoms with E-state index in [-0.39, 0.29) is 0 Å². The van der Waals surface area contributed by atoms with Crippen molar-refractivity contribution in [3.63, 3.8) is 0 Å². The van der Waals surface area contributed by atoms with Crippen molar-refractivity contribution in [2.24, 2.45) is 0 Å². The van der Waals surface area contributed by atoms with Gasteiger partial charge < -0.3 is 25.3 Å². The van der Waals surface area contributed by atoms with Crippen molar-refractivity contribution < 1.29 is 30.1 Å². The summed E-state index contributed by atoms with van der Waals surface area (Å²) in [6, 6.07) is 4.49. The highest BCUT2D eigenvalue weighted by atomic mass is 16.7. The van der Waals surface area contributed by atoms with Crippen molar-refractivity contribution in [2.75, 3.05) is 5.43 Å². The number of aromatic nitrogens is 2. The normalized spacial score (nSPS) is 10.2. The van der Waals surface area contributed by atoms with Crippen molar-refractivity contribution in [2.45, 2.75) is 0 Å². The third-order valence-corrected chi connectivity index (χ3v) is 2.01. The first-order valence-electron chi connectivity index (χ1n) is 4.67. The molecule has 0 saturated heterocycles. The van der Waals surface area contributed by atoms with E-state index in [1.165, 1.54) is 0 Å². The van der Waals surface area contributed by atoms with Crippen LogP contribution >= 0.6 is 0 Å². The molecule has 96 valence electrons. The van der Waals surface area contributed by atoms with E-state index in [1.807, 2.05) is 5.43 Å². The molecule has 0 unspecified atom stereocenters. The molecule has 1 amide bonds. The Bertz CT molecular complexity index is 498. The van der Waals surface area contributed by atoms with Crippen LogP contribution in [0.3, 0.4) is 0 Å². The molecule has 0 saturated carbocycles. The number of carbonyl (C=O) groups is 1. The van der Waals surface area contributed by atoms with Crippen LogP contribution in [0.2, 0.25) is 0 Å². The van der Waals surface area contributed by atoms with Crippen LogP contribution in [-0.2, 0) is 0 Å². The van der Waals surface area contributed by atoms with Crippen molar-refractivity contribution in [1.29, 1.82) is 0 Å². The minimum absolute atomic E-state index is 0.426. The first kappa shape index (κ1) is 11.5. The molecule has 0 aromatic carbocycles. The van der Waals surface area contributed by atoms with E-state index < -0.39 is 29.6 Å². The van der Waals surface area contributed by atoms with Crippen LogP contribution in [0.25, 0.3) is 0 Å². The first-order chi connectivity index (χ1) is 8.49. The molecule has 0 aliphatic heterocycles. The summed E-state index contributed by atoms with van der Waals surface area (Å²) in [5.74, 6) is -1.84. The Hall–Kier alpha value is -2.97. The van der Waals surface area contributed by atoms with Gasteiger partial charge in [0, 0.05) is 24.3 Å². The lowest BCUT2D eigenvalue weighted by molar-refractivity contribution is 0.117. The van der Waals surface area contributed by atoms with E-state index in [2.05, 4.69) is 4.84 Å². The second kappa shape index (κ2) is 4.13. The zero-order chi connectivity index (χ0) is 13.3. The molecule has 0 aliphatic rings. The molecule has 0 bridgehead atoms. The molecular formula is C9H9N3O6. The number of rotatable bonds is 2. The monoisotopic (exact) mass is 255 g/mol. The highest BCUT2D eigenvalue weighted by molar-refractivity contribution is 5.76. The first-order valence-corrected chi connectivity index (χ1v) is 4.67. The highest BCUT2D eigenvalue weighted by Gasteiger charge is 2.14. The number of amides is 1. The lowest BCUT2D eigenvalue weighted by atomic mass is 10.6. The van der Waals surface area contributed by atoms with Crippen LogP contribution in [0.1, 0.15) is 0 Å². The van der Waals surface area contributed by atoms with Crippen molar-refractivity contribution in [3.05, 3.63) is 24.3 Å². The van der Waals surface area contributed by atoms with E-state index in [0.29, 0.717) is 9.41 Å². The number of nitrogens with one attached hydrogen (secondary N) is 1. The number of carbonyl (C=O) groups excluding carboxylic acids is 1. The third kappa shape index (κ3) is 1.96.